The van der Waals surface area contributed by atoms with Crippen LogP contribution in [-0.2, 0) is 10.0 Å². The molecule has 1 aliphatic heterocycles. The molecule has 0 unspecified atom stereocenters. The predicted molar refractivity (Wildman–Crippen MR) is 87.5 cm³/mol. The Bertz CT molecular complexity index is 875. The van der Waals surface area contributed by atoms with E-state index in [1.807, 2.05) is 16.8 Å². The molecule has 24 heavy (non-hydrogen) atoms. The highest BCUT2D eigenvalue weighted by atomic mass is 32.2. The summed E-state index contributed by atoms with van der Waals surface area (Å²) in [6, 6.07) is 7.01. The summed E-state index contributed by atoms with van der Waals surface area (Å²) in [7, 11) is -4.02. The van der Waals surface area contributed by atoms with Crippen molar-refractivity contribution in [3.8, 4) is 6.07 Å². The number of benzene rings is 1. The van der Waals surface area contributed by atoms with Gasteiger partial charge in [0.2, 0.25) is 10.0 Å². The summed E-state index contributed by atoms with van der Waals surface area (Å²) < 4.78 is 40.9. The van der Waals surface area contributed by atoms with E-state index in [9.17, 15) is 17.9 Å². The van der Waals surface area contributed by atoms with Crippen LogP contribution in [0.5, 0.6) is 0 Å². The average Bonchev–Trinajstić information content (AvgIpc) is 3.23. The molecule has 2 aromatic rings. The third-order valence-corrected chi connectivity index (χ3v) is 6.86. The maximum atomic E-state index is 14.1. The maximum absolute atomic E-state index is 14.1. The molecule has 0 amide bonds. The van der Waals surface area contributed by atoms with Gasteiger partial charge in [0.05, 0.1) is 11.6 Å². The molecule has 0 saturated carbocycles. The zero-order chi connectivity index (χ0) is 17.3. The van der Waals surface area contributed by atoms with Crippen molar-refractivity contribution in [1.29, 1.82) is 5.26 Å². The van der Waals surface area contributed by atoms with Crippen molar-refractivity contribution in [3.05, 3.63) is 52.0 Å². The summed E-state index contributed by atoms with van der Waals surface area (Å²) in [5.74, 6) is -1.28. The molecule has 0 aliphatic carbocycles. The normalized spacial score (nSPS) is 21.7. The van der Waals surface area contributed by atoms with Crippen LogP contribution in [0.25, 0.3) is 0 Å². The van der Waals surface area contributed by atoms with Gasteiger partial charge in [0.1, 0.15) is 10.7 Å². The molecule has 1 aromatic heterocycles. The fourth-order valence-electron chi connectivity index (χ4n) is 3.00. The van der Waals surface area contributed by atoms with E-state index in [1.165, 1.54) is 21.7 Å². The Morgan fingerprint density at radius 3 is 2.75 bits per heavy atom. The number of nitrogens with zero attached hydrogens (tertiary/aromatic N) is 2. The van der Waals surface area contributed by atoms with Crippen molar-refractivity contribution in [2.75, 3.05) is 19.7 Å². The lowest BCUT2D eigenvalue weighted by atomic mass is 9.92. The third kappa shape index (κ3) is 2.96. The minimum Gasteiger partial charge on any atom is -0.396 e. The van der Waals surface area contributed by atoms with Crippen molar-refractivity contribution in [1.82, 2.24) is 4.31 Å². The number of hydrogen-bond donors (Lipinski definition) is 1. The molecule has 0 radical (unpaired) electrons. The Morgan fingerprint density at radius 2 is 2.17 bits per heavy atom. The molecule has 126 valence electrons. The smallest absolute Gasteiger partial charge is 0.246 e. The summed E-state index contributed by atoms with van der Waals surface area (Å²) in [5.41, 5.74) is 1.05. The number of sulfonamides is 1. The molecule has 1 saturated heterocycles. The van der Waals surface area contributed by atoms with E-state index in [2.05, 4.69) is 0 Å². The first-order valence-corrected chi connectivity index (χ1v) is 9.68. The van der Waals surface area contributed by atoms with E-state index >= 15 is 0 Å². The van der Waals surface area contributed by atoms with Gasteiger partial charge in [-0.05, 0) is 40.6 Å². The summed E-state index contributed by atoms with van der Waals surface area (Å²) in [6.07, 6.45) is 0. The summed E-state index contributed by atoms with van der Waals surface area (Å²) in [5, 5.41) is 22.2. The van der Waals surface area contributed by atoms with Crippen molar-refractivity contribution >= 4 is 21.4 Å². The monoisotopic (exact) mass is 366 g/mol. The minimum atomic E-state index is -4.02. The Kier molecular flexibility index (Phi) is 4.69. The number of thiophene rings is 1. The molecule has 1 aromatic carbocycles. The number of halogens is 1. The molecule has 1 N–H and O–H groups in total. The molecule has 1 aliphatic rings. The van der Waals surface area contributed by atoms with E-state index in [0.717, 1.165) is 17.7 Å². The molecular weight excluding hydrogens is 351 g/mol. The zero-order valence-electron chi connectivity index (χ0n) is 12.6. The average molecular weight is 366 g/mol. The van der Waals surface area contributed by atoms with Gasteiger partial charge in [0.15, 0.2) is 0 Å². The second-order valence-electron chi connectivity index (χ2n) is 5.68. The lowest BCUT2D eigenvalue weighted by molar-refractivity contribution is 0.223. The van der Waals surface area contributed by atoms with Crippen molar-refractivity contribution in [3.63, 3.8) is 0 Å². The van der Waals surface area contributed by atoms with Gasteiger partial charge in [0, 0.05) is 31.5 Å². The van der Waals surface area contributed by atoms with Crippen molar-refractivity contribution < 1.29 is 17.9 Å². The van der Waals surface area contributed by atoms with Crippen LogP contribution in [0.15, 0.2) is 39.9 Å². The quantitative estimate of drug-likeness (QED) is 0.899. The van der Waals surface area contributed by atoms with Crippen molar-refractivity contribution in [2.45, 2.75) is 10.8 Å². The molecule has 8 heteroatoms. The van der Waals surface area contributed by atoms with Gasteiger partial charge in [-0.25, -0.2) is 12.8 Å². The molecule has 0 bridgehead atoms. The van der Waals surface area contributed by atoms with Crippen LogP contribution in [0.4, 0.5) is 4.39 Å². The number of aliphatic hydroxyl groups excluding tert-OH is 1. The second-order valence-corrected chi connectivity index (χ2v) is 8.37. The van der Waals surface area contributed by atoms with Crippen LogP contribution in [0.1, 0.15) is 17.0 Å². The first kappa shape index (κ1) is 17.0. The fourth-order valence-corrected chi connectivity index (χ4v) is 5.29. The lowest BCUT2D eigenvalue weighted by Gasteiger charge is -2.17. The van der Waals surface area contributed by atoms with Crippen LogP contribution in [0.2, 0.25) is 0 Å². The largest absolute Gasteiger partial charge is 0.396 e. The standard InChI is InChI=1S/C16H15FN2O3S2/c17-15-5-11(6-18)1-2-16(15)24(21,22)19-7-13(9-20)14(8-19)12-3-4-23-10-12/h1-5,10,13-14,20H,7-9H2/t13-,14-/m0/s1. The molecule has 0 spiro atoms. The lowest BCUT2D eigenvalue weighted by Crippen LogP contribution is -2.30. The van der Waals surface area contributed by atoms with Gasteiger partial charge < -0.3 is 5.11 Å². The highest BCUT2D eigenvalue weighted by Crippen LogP contribution is 2.36. The number of hydrogen-bond acceptors (Lipinski definition) is 5. The van der Waals surface area contributed by atoms with Crippen LogP contribution in [-0.4, -0.2) is 37.5 Å². The van der Waals surface area contributed by atoms with E-state index in [0.29, 0.717) is 0 Å². The SMILES string of the molecule is N#Cc1ccc(S(=O)(=O)N2C[C@@H](CO)[C@H](c3ccsc3)C2)c(F)c1. The van der Waals surface area contributed by atoms with Gasteiger partial charge in [-0.1, -0.05) is 0 Å². The number of rotatable bonds is 4. The molecule has 2 heterocycles. The zero-order valence-corrected chi connectivity index (χ0v) is 14.2. The van der Waals surface area contributed by atoms with Gasteiger partial charge in [-0.2, -0.15) is 20.9 Å². The van der Waals surface area contributed by atoms with Gasteiger partial charge in [-0.15, -0.1) is 0 Å². The van der Waals surface area contributed by atoms with Gasteiger partial charge in [0.25, 0.3) is 0 Å². The molecule has 2 atom stereocenters. The summed E-state index contributed by atoms with van der Waals surface area (Å²) in [6.45, 7) is 0.199. The Morgan fingerprint density at radius 1 is 1.38 bits per heavy atom. The maximum Gasteiger partial charge on any atom is 0.246 e. The van der Waals surface area contributed by atoms with Crippen LogP contribution < -0.4 is 0 Å². The van der Waals surface area contributed by atoms with E-state index < -0.39 is 20.7 Å². The second kappa shape index (κ2) is 6.61. The van der Waals surface area contributed by atoms with Crippen LogP contribution in [0.3, 0.4) is 0 Å². The Hall–Kier alpha value is -1.79. The first-order valence-electron chi connectivity index (χ1n) is 7.30. The minimum absolute atomic E-state index is 0.0669. The van der Waals surface area contributed by atoms with Crippen molar-refractivity contribution in [2.24, 2.45) is 5.92 Å². The summed E-state index contributed by atoms with van der Waals surface area (Å²) >= 11 is 1.51. The molecule has 5 nitrogen and oxygen atoms in total. The molecular formula is C16H15FN2O3S2. The number of nitriles is 1. The number of aliphatic hydroxyl groups is 1. The topological polar surface area (TPSA) is 81.4 Å². The van der Waals surface area contributed by atoms with Gasteiger partial charge in [-0.3, -0.25) is 0 Å². The molecule has 1 fully saturated rings. The van der Waals surface area contributed by atoms with Crippen LogP contribution >= 0.6 is 11.3 Å². The van der Waals surface area contributed by atoms with Crippen LogP contribution in [0, 0.1) is 23.1 Å². The Labute approximate surface area is 143 Å². The van der Waals surface area contributed by atoms with E-state index in [1.54, 1.807) is 6.07 Å². The van der Waals surface area contributed by atoms with E-state index in [4.69, 9.17) is 5.26 Å². The van der Waals surface area contributed by atoms with E-state index in [-0.39, 0.29) is 37.1 Å². The van der Waals surface area contributed by atoms with Gasteiger partial charge >= 0.3 is 0 Å². The highest BCUT2D eigenvalue weighted by Gasteiger charge is 2.40. The third-order valence-electron chi connectivity index (χ3n) is 4.29. The summed E-state index contributed by atoms with van der Waals surface area (Å²) in [4.78, 5) is -0.441. The first-order chi connectivity index (χ1) is 11.5. The highest BCUT2D eigenvalue weighted by molar-refractivity contribution is 7.89. The predicted octanol–water partition coefficient (Wildman–Crippen LogP) is 2.16. The fraction of sp³-hybridized carbons (Fsp3) is 0.312. The Balaban J connectivity index is 1.92. The molecule has 3 rings (SSSR count).